The van der Waals surface area contributed by atoms with Gasteiger partial charge in [0.25, 0.3) is 11.8 Å². The van der Waals surface area contributed by atoms with Gasteiger partial charge in [-0.1, -0.05) is 41.6 Å². The number of carbonyl (C=O) groups is 6. The monoisotopic (exact) mass is 916 g/mol. The molecule has 5 aromatic rings. The Bertz CT molecular complexity index is 2790. The number of amides is 6. The van der Waals surface area contributed by atoms with Crippen molar-refractivity contribution in [3.63, 3.8) is 0 Å². The Hall–Kier alpha value is -7.58. The molecule has 3 N–H and O–H groups in total. The maximum Gasteiger partial charge on any atom is 0.266 e. The van der Waals surface area contributed by atoms with Crippen molar-refractivity contribution in [1.82, 2.24) is 45.7 Å². The molecule has 0 bridgehead atoms. The number of benzene rings is 3. The highest BCUT2D eigenvalue weighted by atomic mass is 16.5. The lowest BCUT2D eigenvalue weighted by atomic mass is 9.95. The van der Waals surface area contributed by atoms with Crippen LogP contribution in [0.5, 0.6) is 5.75 Å². The molecule has 68 heavy (non-hydrogen) atoms. The molecule has 6 amide bonds. The van der Waals surface area contributed by atoms with Gasteiger partial charge in [-0.05, 0) is 124 Å². The van der Waals surface area contributed by atoms with Crippen molar-refractivity contribution < 1.29 is 33.5 Å². The highest BCUT2D eigenvalue weighted by Gasteiger charge is 2.54. The lowest BCUT2D eigenvalue weighted by molar-refractivity contribution is -0.136. The number of rotatable bonds is 17. The van der Waals surface area contributed by atoms with Gasteiger partial charge in [0.1, 0.15) is 17.8 Å². The molecule has 3 aliphatic heterocycles. The quantitative estimate of drug-likeness (QED) is 0.0867. The number of aryl methyl sites for hydroxylation is 1. The number of fused-ring (bicyclic) bond motifs is 1. The maximum absolute atomic E-state index is 14.2. The molecule has 3 aromatic carbocycles. The van der Waals surface area contributed by atoms with Crippen LogP contribution in [0, 0.1) is 18.3 Å². The van der Waals surface area contributed by atoms with Crippen LogP contribution in [-0.4, -0.2) is 110 Å². The zero-order valence-electron chi connectivity index (χ0n) is 37.8. The molecule has 0 spiro atoms. The summed E-state index contributed by atoms with van der Waals surface area (Å²) in [7, 11) is 0. The fourth-order valence-corrected chi connectivity index (χ4v) is 9.46. The molecule has 17 heteroatoms. The van der Waals surface area contributed by atoms with Gasteiger partial charge in [-0.3, -0.25) is 44.0 Å². The molecule has 2 saturated heterocycles. The summed E-state index contributed by atoms with van der Waals surface area (Å²) in [5.41, 5.74) is 5.11. The van der Waals surface area contributed by atoms with Gasteiger partial charge >= 0.3 is 0 Å². The van der Waals surface area contributed by atoms with Crippen molar-refractivity contribution in [3.8, 4) is 28.6 Å². The summed E-state index contributed by atoms with van der Waals surface area (Å²) >= 11 is 0. The number of pyridine rings is 1. The molecule has 9 rings (SSSR count). The zero-order chi connectivity index (χ0) is 47.4. The van der Waals surface area contributed by atoms with E-state index < -0.39 is 41.1 Å². The Morgan fingerprint density at radius 3 is 2.37 bits per heavy atom. The third-order valence-electron chi connectivity index (χ3n) is 13.4. The standard InChI is InChI=1S/C51H52N10O7/c1-32-7-6-24-53-45(32)51(22-23-51)50(67)55-40(29-37-31-60(58-57-37)38-16-14-35(15-17-38)34-12-10-33(30-52)11-13-34)46(63)54-36-20-26-59(27-21-36)25-3-2-4-28-68-42-9-5-8-39-44(42)49(66)61(48(39)65)41-18-19-43(62)56-47(41)64/h5-17,24,31,36,40-41H,2-4,18-23,25-29H2,1H3,(H,54,63)(H,55,67)(H,56,62,64). The van der Waals surface area contributed by atoms with Crippen LogP contribution in [0.4, 0.5) is 0 Å². The van der Waals surface area contributed by atoms with E-state index in [-0.39, 0.29) is 48.2 Å². The number of nitriles is 1. The number of ether oxygens (including phenoxy) is 1. The third kappa shape index (κ3) is 9.63. The summed E-state index contributed by atoms with van der Waals surface area (Å²) in [5.74, 6) is -2.44. The minimum absolute atomic E-state index is 0.0488. The molecule has 1 aliphatic carbocycles. The lowest BCUT2D eigenvalue weighted by Gasteiger charge is -2.33. The number of piperidine rings is 2. The molecule has 3 fully saturated rings. The molecular formula is C51H52N10O7. The molecule has 5 heterocycles. The van der Waals surface area contributed by atoms with Gasteiger partial charge in [-0.25, -0.2) is 4.68 Å². The lowest BCUT2D eigenvalue weighted by Crippen LogP contribution is -2.54. The van der Waals surface area contributed by atoms with E-state index in [0.717, 1.165) is 84.7 Å². The molecule has 17 nitrogen and oxygen atoms in total. The number of hydrogen-bond donors (Lipinski definition) is 3. The average molecular weight is 917 g/mol. The molecule has 2 unspecified atom stereocenters. The first-order valence-corrected chi connectivity index (χ1v) is 23.3. The van der Waals surface area contributed by atoms with E-state index in [2.05, 4.69) is 42.2 Å². The number of carbonyl (C=O) groups excluding carboxylic acids is 6. The predicted molar refractivity (Wildman–Crippen MR) is 247 cm³/mol. The Morgan fingerprint density at radius 2 is 1.66 bits per heavy atom. The number of aromatic nitrogens is 4. The topological polar surface area (TPSA) is 222 Å². The minimum Gasteiger partial charge on any atom is -0.493 e. The molecule has 2 atom stereocenters. The van der Waals surface area contributed by atoms with E-state index in [1.165, 1.54) is 0 Å². The third-order valence-corrected chi connectivity index (χ3v) is 13.4. The molecule has 348 valence electrons. The fourth-order valence-electron chi connectivity index (χ4n) is 9.46. The van der Waals surface area contributed by atoms with Crippen LogP contribution in [0.3, 0.4) is 0 Å². The molecule has 2 aromatic heterocycles. The number of unbranched alkanes of at least 4 members (excludes halogenated alkanes) is 2. The van der Waals surface area contributed by atoms with E-state index in [1.807, 2.05) is 55.5 Å². The van der Waals surface area contributed by atoms with E-state index in [0.29, 0.717) is 36.5 Å². The molecule has 1 saturated carbocycles. The number of imide groups is 2. The second-order valence-electron chi connectivity index (χ2n) is 18.0. The first-order chi connectivity index (χ1) is 33.0. The van der Waals surface area contributed by atoms with Gasteiger partial charge in [0.2, 0.25) is 23.6 Å². The number of nitrogens with one attached hydrogen (secondary N) is 3. The number of hydrogen-bond acceptors (Lipinski definition) is 12. The van der Waals surface area contributed by atoms with Gasteiger partial charge in [0, 0.05) is 38.2 Å². The Labute approximate surface area is 393 Å². The van der Waals surface area contributed by atoms with Gasteiger partial charge in [-0.2, -0.15) is 5.26 Å². The maximum atomic E-state index is 14.2. The Morgan fingerprint density at radius 1 is 0.912 bits per heavy atom. The van der Waals surface area contributed by atoms with E-state index in [9.17, 15) is 28.8 Å². The smallest absolute Gasteiger partial charge is 0.266 e. The van der Waals surface area contributed by atoms with E-state index in [4.69, 9.17) is 10.00 Å². The highest BCUT2D eigenvalue weighted by molar-refractivity contribution is 6.24. The number of likely N-dealkylation sites (tertiary alicyclic amines) is 1. The first-order valence-electron chi connectivity index (χ1n) is 23.3. The summed E-state index contributed by atoms with van der Waals surface area (Å²) in [5, 5.41) is 26.5. The summed E-state index contributed by atoms with van der Waals surface area (Å²) < 4.78 is 7.66. The number of nitrogens with zero attached hydrogens (tertiary/aromatic N) is 7. The van der Waals surface area contributed by atoms with E-state index in [1.54, 1.807) is 47.4 Å². The molecule has 0 radical (unpaired) electrons. The second-order valence-corrected chi connectivity index (χ2v) is 18.0. The largest absolute Gasteiger partial charge is 0.493 e. The van der Waals surface area contributed by atoms with Crippen LogP contribution in [0.15, 0.2) is 91.3 Å². The van der Waals surface area contributed by atoms with Crippen molar-refractivity contribution in [2.45, 2.75) is 94.7 Å². The Kier molecular flexibility index (Phi) is 13.2. The Balaban J connectivity index is 0.764. The van der Waals surface area contributed by atoms with Crippen molar-refractivity contribution in [2.75, 3.05) is 26.2 Å². The molecular weight excluding hydrogens is 865 g/mol. The first kappa shape index (κ1) is 45.6. The van der Waals surface area contributed by atoms with Crippen molar-refractivity contribution in [1.29, 1.82) is 5.26 Å². The van der Waals surface area contributed by atoms with Crippen molar-refractivity contribution in [2.24, 2.45) is 0 Å². The van der Waals surface area contributed by atoms with Crippen LogP contribution in [-0.2, 0) is 31.0 Å². The molecule has 4 aliphatic rings. The van der Waals surface area contributed by atoms with Gasteiger partial charge in [0.05, 0.1) is 58.1 Å². The van der Waals surface area contributed by atoms with Crippen molar-refractivity contribution >= 4 is 35.4 Å². The summed E-state index contributed by atoms with van der Waals surface area (Å²) in [6.45, 7) is 4.76. The average Bonchev–Trinajstić information content (AvgIpc) is 3.96. The van der Waals surface area contributed by atoms with Crippen LogP contribution in [0.2, 0.25) is 0 Å². The van der Waals surface area contributed by atoms with Crippen LogP contribution >= 0.6 is 0 Å². The van der Waals surface area contributed by atoms with Crippen molar-refractivity contribution in [3.05, 3.63) is 125 Å². The summed E-state index contributed by atoms with van der Waals surface area (Å²) in [6.07, 6.45) is 9.07. The van der Waals surface area contributed by atoms with Crippen LogP contribution in [0.1, 0.15) is 101 Å². The normalized spacial score (nSPS) is 18.4. The predicted octanol–water partition coefficient (Wildman–Crippen LogP) is 4.50. The van der Waals surface area contributed by atoms with Crippen LogP contribution in [0.25, 0.3) is 16.8 Å². The van der Waals surface area contributed by atoms with Gasteiger partial charge < -0.3 is 20.3 Å². The van der Waals surface area contributed by atoms with Gasteiger partial charge in [-0.15, -0.1) is 5.10 Å². The summed E-state index contributed by atoms with van der Waals surface area (Å²) in [4.78, 5) is 86.8. The second kappa shape index (κ2) is 19.7. The highest BCUT2D eigenvalue weighted by Crippen LogP contribution is 2.48. The van der Waals surface area contributed by atoms with E-state index >= 15 is 0 Å². The fraction of sp³-hybridized carbons (Fsp3) is 0.373. The summed E-state index contributed by atoms with van der Waals surface area (Å²) in [6, 6.07) is 24.0. The minimum atomic E-state index is -1.04. The SMILES string of the molecule is Cc1cccnc1C1(C(=O)NC(Cc2cn(-c3ccc(-c4ccc(C#N)cc4)cc3)nn2)C(=O)NC2CCN(CCCCCOc3cccc4c3C(=O)N(C3CCC(=O)NC3=O)C4=O)CC2)CC1. The van der Waals surface area contributed by atoms with Gasteiger partial charge in [0.15, 0.2) is 0 Å². The van der Waals surface area contributed by atoms with Crippen LogP contribution < -0.4 is 20.7 Å². The zero-order valence-corrected chi connectivity index (χ0v) is 37.8.